The zero-order valence-corrected chi connectivity index (χ0v) is 20.0. The molecule has 3 N–H and O–H groups in total. The van der Waals surface area contributed by atoms with E-state index in [9.17, 15) is 17.6 Å². The average Bonchev–Trinajstić information content (AvgIpc) is 3.07. The van der Waals surface area contributed by atoms with Crippen molar-refractivity contribution in [2.75, 3.05) is 42.6 Å². The molecule has 2 aromatic carbocycles. The highest BCUT2D eigenvalue weighted by Gasteiger charge is 2.52. The molecule has 1 saturated heterocycles. The highest BCUT2D eigenvalue weighted by molar-refractivity contribution is 7.92. The number of anilines is 3. The maximum absolute atomic E-state index is 14.8. The first-order valence-corrected chi connectivity index (χ1v) is 13.0. The number of nitrogens with one attached hydrogen (secondary N) is 3. The van der Waals surface area contributed by atoms with Crippen molar-refractivity contribution in [1.82, 2.24) is 4.90 Å². The van der Waals surface area contributed by atoms with Gasteiger partial charge in [-0.1, -0.05) is 18.6 Å². The molecule has 2 aliphatic heterocycles. The number of fused-ring (bicyclic) bond motifs is 2. The summed E-state index contributed by atoms with van der Waals surface area (Å²) in [6, 6.07) is 9.30. The SMILES string of the molecule is COc1ccccc1S(=O)(=O)Nc1cc(NC2CCN(C)CC2F)c2c(c1)C1(CCC1)C(=O)N2. The number of halogens is 1. The molecule has 2 heterocycles. The summed E-state index contributed by atoms with van der Waals surface area (Å²) in [4.78, 5) is 14.9. The van der Waals surface area contributed by atoms with Crippen LogP contribution in [0.15, 0.2) is 41.3 Å². The maximum Gasteiger partial charge on any atom is 0.265 e. The van der Waals surface area contributed by atoms with Crippen LogP contribution in [0.4, 0.5) is 21.5 Å². The Kier molecular flexibility index (Phi) is 5.68. The number of benzene rings is 2. The Morgan fingerprint density at radius 2 is 2.00 bits per heavy atom. The van der Waals surface area contributed by atoms with Crippen LogP contribution in [0.2, 0.25) is 0 Å². The number of sulfonamides is 1. The molecule has 0 radical (unpaired) electrons. The lowest BCUT2D eigenvalue weighted by atomic mass is 9.65. The summed E-state index contributed by atoms with van der Waals surface area (Å²) in [5, 5.41) is 6.25. The number of hydrogen-bond acceptors (Lipinski definition) is 6. The molecule has 5 rings (SSSR count). The number of para-hydroxylation sites is 1. The van der Waals surface area contributed by atoms with Gasteiger partial charge in [0.15, 0.2) is 0 Å². The molecular weight excluding hydrogens is 459 g/mol. The number of ether oxygens (including phenoxy) is 1. The number of hydrogen-bond donors (Lipinski definition) is 3. The molecule has 1 aliphatic carbocycles. The Bertz CT molecular complexity index is 1230. The van der Waals surface area contributed by atoms with Crippen molar-refractivity contribution in [1.29, 1.82) is 0 Å². The number of amides is 1. The van der Waals surface area contributed by atoms with Gasteiger partial charge in [-0.3, -0.25) is 9.52 Å². The number of piperidine rings is 1. The molecule has 1 saturated carbocycles. The van der Waals surface area contributed by atoms with Crippen LogP contribution in [-0.4, -0.2) is 58.7 Å². The first-order chi connectivity index (χ1) is 16.2. The van der Waals surface area contributed by atoms with Gasteiger partial charge in [0.2, 0.25) is 5.91 Å². The van der Waals surface area contributed by atoms with Crippen LogP contribution in [0.3, 0.4) is 0 Å². The van der Waals surface area contributed by atoms with E-state index in [0.29, 0.717) is 42.9 Å². The lowest BCUT2D eigenvalue weighted by Crippen LogP contribution is -2.46. The molecule has 1 amide bonds. The quantitative estimate of drug-likeness (QED) is 0.577. The third-order valence-corrected chi connectivity index (χ3v) is 8.65. The summed E-state index contributed by atoms with van der Waals surface area (Å²) in [5.41, 5.74) is 1.58. The zero-order valence-electron chi connectivity index (χ0n) is 19.2. The first kappa shape index (κ1) is 22.9. The molecule has 2 aromatic rings. The molecule has 2 fully saturated rings. The second-order valence-electron chi connectivity index (χ2n) is 9.41. The third-order valence-electron chi connectivity index (χ3n) is 7.23. The molecule has 8 nitrogen and oxygen atoms in total. The fraction of sp³-hybridized carbons (Fsp3) is 0.458. The van der Waals surface area contributed by atoms with Crippen molar-refractivity contribution >= 4 is 33.0 Å². The van der Waals surface area contributed by atoms with Gasteiger partial charge in [-0.2, -0.15) is 0 Å². The zero-order chi connectivity index (χ0) is 24.1. The van der Waals surface area contributed by atoms with Gasteiger partial charge in [-0.15, -0.1) is 0 Å². The lowest BCUT2D eigenvalue weighted by molar-refractivity contribution is -0.123. The highest BCUT2D eigenvalue weighted by Crippen LogP contribution is 2.54. The molecule has 0 bridgehead atoms. The molecule has 34 heavy (non-hydrogen) atoms. The Morgan fingerprint density at radius 3 is 2.68 bits per heavy atom. The maximum atomic E-state index is 14.8. The number of rotatable bonds is 6. The lowest BCUT2D eigenvalue weighted by Gasteiger charge is -2.36. The second-order valence-corrected chi connectivity index (χ2v) is 11.1. The van der Waals surface area contributed by atoms with Crippen LogP contribution in [0.1, 0.15) is 31.2 Å². The summed E-state index contributed by atoms with van der Waals surface area (Å²) in [6.45, 7) is 1.06. The van der Waals surface area contributed by atoms with E-state index in [0.717, 1.165) is 18.5 Å². The van der Waals surface area contributed by atoms with Crippen LogP contribution < -0.4 is 20.1 Å². The number of likely N-dealkylation sites (tertiary alicyclic amines) is 1. The highest BCUT2D eigenvalue weighted by atomic mass is 32.2. The molecule has 10 heteroatoms. The Balaban J connectivity index is 1.54. The van der Waals surface area contributed by atoms with Crippen LogP contribution in [0, 0.1) is 0 Å². The summed E-state index contributed by atoms with van der Waals surface area (Å²) < 4.78 is 49.1. The van der Waals surface area contributed by atoms with E-state index in [2.05, 4.69) is 15.4 Å². The van der Waals surface area contributed by atoms with E-state index < -0.39 is 27.7 Å². The van der Waals surface area contributed by atoms with Crippen molar-refractivity contribution in [3.8, 4) is 5.75 Å². The fourth-order valence-electron chi connectivity index (χ4n) is 5.18. The minimum atomic E-state index is -3.97. The summed E-state index contributed by atoms with van der Waals surface area (Å²) in [7, 11) is -0.671. The summed E-state index contributed by atoms with van der Waals surface area (Å²) in [5.74, 6) is 0.148. The fourth-order valence-corrected chi connectivity index (χ4v) is 6.39. The van der Waals surface area contributed by atoms with E-state index >= 15 is 0 Å². The van der Waals surface area contributed by atoms with Crippen molar-refractivity contribution in [3.63, 3.8) is 0 Å². The van der Waals surface area contributed by atoms with E-state index in [1.54, 1.807) is 30.3 Å². The summed E-state index contributed by atoms with van der Waals surface area (Å²) in [6.07, 6.45) is 1.84. The topological polar surface area (TPSA) is 99.8 Å². The Morgan fingerprint density at radius 1 is 1.24 bits per heavy atom. The third kappa shape index (κ3) is 3.78. The largest absolute Gasteiger partial charge is 0.495 e. The van der Waals surface area contributed by atoms with Gasteiger partial charge in [0.05, 0.1) is 35.6 Å². The Hall–Kier alpha value is -2.85. The molecular formula is C24H29FN4O4S. The molecule has 1 spiro atoms. The standard InChI is InChI=1S/C24H29FN4O4S/c1-29-11-8-18(17(25)14-29)26-19-13-15(12-16-22(19)27-23(30)24(16)9-5-10-24)28-34(31,32)21-7-4-3-6-20(21)33-2/h3-4,6-7,12-13,17-18,26,28H,5,8-11,14H2,1-2H3,(H,27,30). The smallest absolute Gasteiger partial charge is 0.265 e. The number of carbonyl (C=O) groups is 1. The second kappa shape index (κ2) is 8.42. The van der Waals surface area contributed by atoms with Gasteiger partial charge < -0.3 is 20.3 Å². The predicted molar refractivity (Wildman–Crippen MR) is 129 cm³/mol. The van der Waals surface area contributed by atoms with Crippen LogP contribution in [-0.2, 0) is 20.2 Å². The molecule has 3 aliphatic rings. The van der Waals surface area contributed by atoms with Gasteiger partial charge in [0.25, 0.3) is 10.0 Å². The molecule has 2 unspecified atom stereocenters. The number of alkyl halides is 1. The van der Waals surface area contributed by atoms with Crippen LogP contribution >= 0.6 is 0 Å². The van der Waals surface area contributed by atoms with E-state index in [4.69, 9.17) is 4.74 Å². The van der Waals surface area contributed by atoms with Crippen molar-refractivity contribution in [2.45, 2.75) is 48.2 Å². The normalized spacial score (nSPS) is 23.7. The molecule has 2 atom stereocenters. The van der Waals surface area contributed by atoms with Gasteiger partial charge in [0.1, 0.15) is 16.8 Å². The Labute approximate surface area is 198 Å². The van der Waals surface area contributed by atoms with Crippen molar-refractivity contribution in [2.24, 2.45) is 0 Å². The number of nitrogens with zero attached hydrogens (tertiary/aromatic N) is 1. The van der Waals surface area contributed by atoms with Gasteiger partial charge in [-0.25, -0.2) is 12.8 Å². The van der Waals surface area contributed by atoms with E-state index in [1.165, 1.54) is 13.2 Å². The minimum absolute atomic E-state index is 0.0132. The van der Waals surface area contributed by atoms with E-state index in [-0.39, 0.29) is 16.6 Å². The van der Waals surface area contributed by atoms with Crippen molar-refractivity contribution < 1.29 is 22.3 Å². The summed E-state index contributed by atoms with van der Waals surface area (Å²) >= 11 is 0. The van der Waals surface area contributed by atoms with Crippen molar-refractivity contribution in [3.05, 3.63) is 42.0 Å². The van der Waals surface area contributed by atoms with E-state index in [1.807, 2.05) is 11.9 Å². The molecule has 182 valence electrons. The monoisotopic (exact) mass is 488 g/mol. The molecule has 0 aromatic heterocycles. The van der Waals surface area contributed by atoms with Gasteiger partial charge >= 0.3 is 0 Å². The predicted octanol–water partition coefficient (Wildman–Crippen LogP) is 3.32. The van der Waals surface area contributed by atoms with Gasteiger partial charge in [0, 0.05) is 13.1 Å². The van der Waals surface area contributed by atoms with Crippen LogP contribution in [0.5, 0.6) is 5.75 Å². The average molecular weight is 489 g/mol. The number of carbonyl (C=O) groups excluding carboxylic acids is 1. The van der Waals surface area contributed by atoms with Crippen LogP contribution in [0.25, 0.3) is 0 Å². The van der Waals surface area contributed by atoms with Gasteiger partial charge in [-0.05, 0) is 56.1 Å². The number of methoxy groups -OCH3 is 1. The minimum Gasteiger partial charge on any atom is -0.495 e. The first-order valence-electron chi connectivity index (χ1n) is 11.5.